The maximum atomic E-state index is 13.8. The zero-order chi connectivity index (χ0) is 25.8. The van der Waals surface area contributed by atoms with Gasteiger partial charge in [0, 0.05) is 5.56 Å². The first-order valence-corrected chi connectivity index (χ1v) is 11.7. The summed E-state index contributed by atoms with van der Waals surface area (Å²) >= 11 is 0. The Bertz CT molecular complexity index is 1570. The summed E-state index contributed by atoms with van der Waals surface area (Å²) < 4.78 is 22.9. The van der Waals surface area contributed by atoms with Crippen molar-refractivity contribution in [2.45, 2.75) is 5.92 Å². The molecular weight excluding hydrogens is 468 g/mol. The highest BCUT2D eigenvalue weighted by Crippen LogP contribution is 2.37. The van der Waals surface area contributed by atoms with Gasteiger partial charge in [0.25, 0.3) is 0 Å². The second-order valence-corrected chi connectivity index (χ2v) is 8.33. The molecule has 0 aliphatic heterocycles. The number of esters is 1. The SMILES string of the molecule is COc1ccc(-c2oc3ccccc3c(=O)c2OC(=O)C(c2ccccc2)c2ccccc2)cc1OC. The number of rotatable bonds is 7. The smallest absolute Gasteiger partial charge is 0.323 e. The highest BCUT2D eigenvalue weighted by Gasteiger charge is 2.28. The summed E-state index contributed by atoms with van der Waals surface area (Å²) in [6.45, 7) is 0. The molecule has 0 aliphatic rings. The van der Waals surface area contributed by atoms with Crippen LogP contribution in [0.15, 0.2) is 112 Å². The first kappa shape index (κ1) is 23.9. The van der Waals surface area contributed by atoms with Gasteiger partial charge in [0.15, 0.2) is 17.3 Å². The lowest BCUT2D eigenvalue weighted by Gasteiger charge is -2.18. The molecule has 0 aliphatic carbocycles. The molecule has 184 valence electrons. The molecule has 5 rings (SSSR count). The second kappa shape index (κ2) is 10.4. The van der Waals surface area contributed by atoms with E-state index >= 15 is 0 Å². The van der Waals surface area contributed by atoms with Gasteiger partial charge in [0.2, 0.25) is 11.2 Å². The minimum Gasteiger partial charge on any atom is -0.493 e. The molecule has 0 amide bonds. The highest BCUT2D eigenvalue weighted by molar-refractivity contribution is 5.88. The molecule has 0 radical (unpaired) electrons. The Labute approximate surface area is 213 Å². The van der Waals surface area contributed by atoms with Crippen molar-refractivity contribution in [3.8, 4) is 28.6 Å². The molecule has 0 atom stereocenters. The molecule has 6 heteroatoms. The number of para-hydroxylation sites is 1. The van der Waals surface area contributed by atoms with Crippen LogP contribution in [0, 0.1) is 0 Å². The van der Waals surface area contributed by atoms with Crippen LogP contribution in [0.3, 0.4) is 0 Å². The van der Waals surface area contributed by atoms with Crippen LogP contribution in [0.1, 0.15) is 17.0 Å². The van der Waals surface area contributed by atoms with E-state index in [0.29, 0.717) is 28.0 Å². The monoisotopic (exact) mass is 492 g/mol. The van der Waals surface area contributed by atoms with Crippen LogP contribution in [-0.4, -0.2) is 20.2 Å². The normalized spacial score (nSPS) is 10.9. The topological polar surface area (TPSA) is 75.0 Å². The molecule has 0 fully saturated rings. The summed E-state index contributed by atoms with van der Waals surface area (Å²) in [7, 11) is 3.05. The number of carbonyl (C=O) groups excluding carboxylic acids is 1. The number of methoxy groups -OCH3 is 2. The highest BCUT2D eigenvalue weighted by atomic mass is 16.5. The van der Waals surface area contributed by atoms with E-state index in [9.17, 15) is 9.59 Å². The van der Waals surface area contributed by atoms with E-state index in [-0.39, 0.29) is 11.5 Å². The van der Waals surface area contributed by atoms with Crippen LogP contribution in [0.25, 0.3) is 22.3 Å². The van der Waals surface area contributed by atoms with E-state index in [0.717, 1.165) is 11.1 Å². The fourth-order valence-electron chi connectivity index (χ4n) is 4.30. The number of hydrogen-bond donors (Lipinski definition) is 0. The third-order valence-corrected chi connectivity index (χ3v) is 6.11. The van der Waals surface area contributed by atoms with Gasteiger partial charge in [0.1, 0.15) is 11.5 Å². The van der Waals surface area contributed by atoms with Crippen molar-refractivity contribution < 1.29 is 23.4 Å². The van der Waals surface area contributed by atoms with Crippen LogP contribution >= 0.6 is 0 Å². The minimum absolute atomic E-state index is 0.123. The molecule has 0 spiro atoms. The van der Waals surface area contributed by atoms with Crippen molar-refractivity contribution in [1.29, 1.82) is 0 Å². The van der Waals surface area contributed by atoms with Crippen molar-refractivity contribution >= 4 is 16.9 Å². The van der Waals surface area contributed by atoms with E-state index in [1.54, 1.807) is 42.5 Å². The average Bonchev–Trinajstić information content (AvgIpc) is 2.95. The number of carbonyl (C=O) groups is 1. The number of ether oxygens (including phenoxy) is 3. The Hall–Kier alpha value is -4.84. The third-order valence-electron chi connectivity index (χ3n) is 6.11. The van der Waals surface area contributed by atoms with Gasteiger partial charge in [-0.2, -0.15) is 0 Å². The maximum absolute atomic E-state index is 13.8. The van der Waals surface area contributed by atoms with Crippen molar-refractivity contribution in [3.63, 3.8) is 0 Å². The molecule has 5 aromatic rings. The van der Waals surface area contributed by atoms with Crippen LogP contribution in [0.5, 0.6) is 17.2 Å². The van der Waals surface area contributed by atoms with E-state index < -0.39 is 17.3 Å². The van der Waals surface area contributed by atoms with Gasteiger partial charge in [-0.3, -0.25) is 9.59 Å². The molecule has 4 aromatic carbocycles. The zero-order valence-electron chi connectivity index (χ0n) is 20.3. The van der Waals surface area contributed by atoms with Gasteiger partial charge >= 0.3 is 5.97 Å². The largest absolute Gasteiger partial charge is 0.493 e. The summed E-state index contributed by atoms with van der Waals surface area (Å²) in [5.74, 6) is -0.445. The van der Waals surface area contributed by atoms with Crippen LogP contribution in [0.4, 0.5) is 0 Å². The molecule has 6 nitrogen and oxygen atoms in total. The molecule has 0 unspecified atom stereocenters. The van der Waals surface area contributed by atoms with Crippen LogP contribution in [-0.2, 0) is 4.79 Å². The molecule has 0 saturated carbocycles. The summed E-state index contributed by atoms with van der Waals surface area (Å²) in [6.07, 6.45) is 0. The predicted molar refractivity (Wildman–Crippen MR) is 141 cm³/mol. The van der Waals surface area contributed by atoms with Gasteiger partial charge in [-0.25, -0.2) is 0 Å². The number of hydrogen-bond acceptors (Lipinski definition) is 6. The average molecular weight is 493 g/mol. The molecule has 0 saturated heterocycles. The Morgan fingerprint density at radius 3 is 1.95 bits per heavy atom. The molecule has 0 N–H and O–H groups in total. The van der Waals surface area contributed by atoms with Crippen molar-refractivity contribution in [2.24, 2.45) is 0 Å². The quantitative estimate of drug-likeness (QED) is 0.251. The molecule has 1 heterocycles. The summed E-state index contributed by atoms with van der Waals surface area (Å²) in [6, 6.07) is 30.6. The number of benzene rings is 4. The Balaban J connectivity index is 1.67. The van der Waals surface area contributed by atoms with Crippen LogP contribution < -0.4 is 19.6 Å². The molecular formula is C31H24O6. The van der Waals surface area contributed by atoms with Gasteiger partial charge < -0.3 is 18.6 Å². The van der Waals surface area contributed by atoms with E-state index in [2.05, 4.69) is 0 Å². The summed E-state index contributed by atoms with van der Waals surface area (Å²) in [5, 5.41) is 0.311. The Morgan fingerprint density at radius 2 is 1.32 bits per heavy atom. The molecule has 37 heavy (non-hydrogen) atoms. The first-order valence-electron chi connectivity index (χ1n) is 11.7. The lowest BCUT2D eigenvalue weighted by atomic mass is 9.91. The van der Waals surface area contributed by atoms with Crippen molar-refractivity contribution in [2.75, 3.05) is 14.2 Å². The summed E-state index contributed by atoms with van der Waals surface area (Å²) in [5.41, 5.74) is 1.92. The lowest BCUT2D eigenvalue weighted by Crippen LogP contribution is -2.23. The van der Waals surface area contributed by atoms with E-state index in [1.165, 1.54) is 14.2 Å². The zero-order valence-corrected chi connectivity index (χ0v) is 20.3. The van der Waals surface area contributed by atoms with E-state index in [4.69, 9.17) is 18.6 Å². The fourth-order valence-corrected chi connectivity index (χ4v) is 4.30. The Kier molecular flexibility index (Phi) is 6.72. The van der Waals surface area contributed by atoms with Gasteiger partial charge in [0.05, 0.1) is 19.6 Å². The third kappa shape index (κ3) is 4.69. The van der Waals surface area contributed by atoms with Gasteiger partial charge in [-0.15, -0.1) is 0 Å². The second-order valence-electron chi connectivity index (χ2n) is 8.33. The first-order chi connectivity index (χ1) is 18.1. The summed E-state index contributed by atoms with van der Waals surface area (Å²) in [4.78, 5) is 27.4. The standard InChI is InChI=1S/C31H24O6/c1-34-25-18-17-22(19-26(25)35-2)29-30(28(32)23-15-9-10-16-24(23)36-29)37-31(33)27(20-11-5-3-6-12-20)21-13-7-4-8-14-21/h3-19,27H,1-2H3. The minimum atomic E-state index is -0.744. The molecule has 0 bridgehead atoms. The van der Waals surface area contributed by atoms with E-state index in [1.807, 2.05) is 60.7 Å². The number of fused-ring (bicyclic) bond motifs is 1. The van der Waals surface area contributed by atoms with Crippen molar-refractivity contribution in [1.82, 2.24) is 0 Å². The van der Waals surface area contributed by atoms with Gasteiger partial charge in [-0.05, 0) is 41.5 Å². The molecule has 1 aromatic heterocycles. The Morgan fingerprint density at radius 1 is 0.730 bits per heavy atom. The van der Waals surface area contributed by atoms with Crippen molar-refractivity contribution in [3.05, 3.63) is 124 Å². The maximum Gasteiger partial charge on any atom is 0.323 e. The van der Waals surface area contributed by atoms with Gasteiger partial charge in [-0.1, -0.05) is 72.8 Å². The fraction of sp³-hybridized carbons (Fsp3) is 0.0968. The van der Waals surface area contributed by atoms with Crippen LogP contribution in [0.2, 0.25) is 0 Å². The predicted octanol–water partition coefficient (Wildman–Crippen LogP) is 6.21. The lowest BCUT2D eigenvalue weighted by molar-refractivity contribution is -0.135.